The molecule has 0 radical (unpaired) electrons. The molecule has 2 amide bonds. The van der Waals surface area contributed by atoms with Gasteiger partial charge in [0.1, 0.15) is 23.8 Å². The predicted octanol–water partition coefficient (Wildman–Crippen LogP) is 2.24. The van der Waals surface area contributed by atoms with Gasteiger partial charge in [-0.3, -0.25) is 9.59 Å². The number of carbonyl (C=O) groups is 2. The van der Waals surface area contributed by atoms with E-state index in [0.29, 0.717) is 25.5 Å². The first kappa shape index (κ1) is 22.5. The van der Waals surface area contributed by atoms with Crippen LogP contribution in [0.1, 0.15) is 32.1 Å². The summed E-state index contributed by atoms with van der Waals surface area (Å²) in [5.41, 5.74) is -0.941. The summed E-state index contributed by atoms with van der Waals surface area (Å²) in [5.74, 6) is 0.133. The first-order chi connectivity index (χ1) is 14.5. The molecule has 0 N–H and O–H groups in total. The van der Waals surface area contributed by atoms with Crippen LogP contribution in [-0.2, 0) is 19.1 Å². The van der Waals surface area contributed by atoms with Crippen LogP contribution >= 0.6 is 0 Å². The monoisotopic (exact) mass is 422 g/mol. The van der Waals surface area contributed by atoms with Crippen LogP contribution < -0.4 is 4.74 Å². The summed E-state index contributed by atoms with van der Waals surface area (Å²) < 4.78 is 30.2. The first-order valence-electron chi connectivity index (χ1n) is 10.6. The zero-order chi connectivity index (χ0) is 21.4. The molecule has 0 aromatic heterocycles. The predicted molar refractivity (Wildman–Crippen MR) is 109 cm³/mol. The van der Waals surface area contributed by atoms with E-state index in [1.807, 2.05) is 4.90 Å². The third-order valence-electron chi connectivity index (χ3n) is 5.62. The van der Waals surface area contributed by atoms with Crippen LogP contribution in [0.5, 0.6) is 5.75 Å². The van der Waals surface area contributed by atoms with Crippen molar-refractivity contribution in [3.8, 4) is 5.75 Å². The van der Waals surface area contributed by atoms with Gasteiger partial charge in [0.25, 0.3) is 0 Å². The summed E-state index contributed by atoms with van der Waals surface area (Å²) in [6.45, 7) is 3.04. The van der Waals surface area contributed by atoms with Crippen molar-refractivity contribution in [2.75, 3.05) is 53.1 Å². The highest BCUT2D eigenvalue weighted by atomic mass is 19.1. The molecule has 7 nitrogen and oxygen atoms in total. The fourth-order valence-electron chi connectivity index (χ4n) is 3.93. The summed E-state index contributed by atoms with van der Waals surface area (Å²) in [6.07, 6.45) is 3.58. The number of amides is 2. The van der Waals surface area contributed by atoms with Crippen molar-refractivity contribution < 1.29 is 28.2 Å². The Kier molecular flexibility index (Phi) is 8.04. The van der Waals surface area contributed by atoms with Crippen molar-refractivity contribution in [2.45, 2.75) is 37.7 Å². The van der Waals surface area contributed by atoms with Crippen molar-refractivity contribution in [1.29, 1.82) is 0 Å². The number of hydrogen-bond acceptors (Lipinski definition) is 5. The van der Waals surface area contributed by atoms with Crippen LogP contribution in [0.2, 0.25) is 0 Å². The Labute approximate surface area is 177 Å². The third-order valence-corrected chi connectivity index (χ3v) is 5.62. The number of benzene rings is 1. The summed E-state index contributed by atoms with van der Waals surface area (Å²) in [7, 11) is 1.56. The lowest BCUT2D eigenvalue weighted by Crippen LogP contribution is -2.58. The minimum absolute atomic E-state index is 0.0172. The Morgan fingerprint density at radius 3 is 2.50 bits per heavy atom. The maximum absolute atomic E-state index is 13.2. The Morgan fingerprint density at radius 2 is 1.80 bits per heavy atom. The lowest BCUT2D eigenvalue weighted by atomic mass is 9.96. The number of rotatable bonds is 8. The molecule has 0 saturated carbocycles. The second-order valence-electron chi connectivity index (χ2n) is 7.95. The molecule has 2 heterocycles. The molecule has 1 unspecified atom stereocenters. The molecule has 8 heteroatoms. The third kappa shape index (κ3) is 6.15. The molecule has 2 aliphatic rings. The quantitative estimate of drug-likeness (QED) is 0.643. The average Bonchev–Trinajstić information content (AvgIpc) is 2.78. The van der Waals surface area contributed by atoms with E-state index < -0.39 is 5.60 Å². The van der Waals surface area contributed by atoms with Crippen molar-refractivity contribution in [2.24, 2.45) is 0 Å². The number of methoxy groups -OCH3 is 1. The van der Waals surface area contributed by atoms with E-state index >= 15 is 0 Å². The van der Waals surface area contributed by atoms with Gasteiger partial charge in [0.2, 0.25) is 11.8 Å². The van der Waals surface area contributed by atoms with E-state index in [4.69, 9.17) is 14.2 Å². The number of nitrogens with zero attached hydrogens (tertiary/aromatic N) is 2. The number of hydrogen-bond donors (Lipinski definition) is 0. The molecule has 0 bridgehead atoms. The van der Waals surface area contributed by atoms with Crippen LogP contribution in [0.4, 0.5) is 4.39 Å². The summed E-state index contributed by atoms with van der Waals surface area (Å²) >= 11 is 0. The van der Waals surface area contributed by atoms with Gasteiger partial charge in [-0.05, 0) is 43.5 Å². The minimum atomic E-state index is -0.941. The van der Waals surface area contributed by atoms with Gasteiger partial charge in [-0.25, -0.2) is 4.39 Å². The average molecular weight is 422 g/mol. The lowest BCUT2D eigenvalue weighted by molar-refractivity contribution is -0.166. The molecule has 2 saturated heterocycles. The van der Waals surface area contributed by atoms with Gasteiger partial charge in [-0.15, -0.1) is 0 Å². The molecule has 2 fully saturated rings. The van der Waals surface area contributed by atoms with Gasteiger partial charge in [-0.1, -0.05) is 0 Å². The van der Waals surface area contributed by atoms with Crippen molar-refractivity contribution in [3.05, 3.63) is 30.1 Å². The second-order valence-corrected chi connectivity index (χ2v) is 7.95. The van der Waals surface area contributed by atoms with Crippen LogP contribution in [0.3, 0.4) is 0 Å². The van der Waals surface area contributed by atoms with E-state index in [0.717, 1.165) is 32.4 Å². The Morgan fingerprint density at radius 1 is 1.07 bits per heavy atom. The van der Waals surface area contributed by atoms with Gasteiger partial charge in [0.05, 0.1) is 32.6 Å². The molecule has 166 valence electrons. The van der Waals surface area contributed by atoms with Crippen LogP contribution in [-0.4, -0.2) is 80.3 Å². The van der Waals surface area contributed by atoms with Gasteiger partial charge in [0, 0.05) is 26.7 Å². The largest absolute Gasteiger partial charge is 0.490 e. The number of ether oxygens (including phenoxy) is 3. The fourth-order valence-corrected chi connectivity index (χ4v) is 3.93. The highest BCUT2D eigenvalue weighted by Crippen LogP contribution is 2.26. The Balaban J connectivity index is 1.71. The smallest absolute Gasteiger partial charge is 0.225 e. The molecule has 3 rings (SSSR count). The van der Waals surface area contributed by atoms with Crippen molar-refractivity contribution >= 4 is 11.8 Å². The molecular weight excluding hydrogens is 391 g/mol. The van der Waals surface area contributed by atoms with E-state index in [1.54, 1.807) is 24.1 Å². The Bertz CT molecular complexity index is 708. The highest BCUT2D eigenvalue weighted by Gasteiger charge is 2.42. The normalized spacial score (nSPS) is 22.1. The number of piperidine rings is 1. The molecule has 1 atom stereocenters. The molecule has 0 spiro atoms. The van der Waals surface area contributed by atoms with Crippen LogP contribution in [0.25, 0.3) is 0 Å². The number of carbonyl (C=O) groups excluding carboxylic acids is 2. The van der Waals surface area contributed by atoms with Gasteiger partial charge >= 0.3 is 0 Å². The van der Waals surface area contributed by atoms with E-state index in [2.05, 4.69) is 0 Å². The first-order valence-corrected chi connectivity index (χ1v) is 10.6. The minimum Gasteiger partial charge on any atom is -0.490 e. The van der Waals surface area contributed by atoms with Gasteiger partial charge in [0.15, 0.2) is 0 Å². The van der Waals surface area contributed by atoms with Gasteiger partial charge in [-0.2, -0.15) is 0 Å². The standard InChI is InChI=1S/C22H31FN2O5/c1-28-13-9-20(26)25-12-14-30-22(16-25,15-21(27)24-10-3-2-4-11-24)17-29-19-7-5-18(23)6-8-19/h5-8H,2-4,9-17H2,1H3. The Hall–Kier alpha value is -2.19. The zero-order valence-electron chi connectivity index (χ0n) is 17.6. The molecule has 30 heavy (non-hydrogen) atoms. The topological polar surface area (TPSA) is 68.3 Å². The number of likely N-dealkylation sites (tertiary alicyclic amines) is 1. The second kappa shape index (κ2) is 10.7. The summed E-state index contributed by atoms with van der Waals surface area (Å²) in [6, 6.07) is 5.73. The summed E-state index contributed by atoms with van der Waals surface area (Å²) in [4.78, 5) is 29.1. The molecule has 1 aromatic carbocycles. The number of morpholine rings is 1. The number of halogens is 1. The van der Waals surface area contributed by atoms with Crippen molar-refractivity contribution in [1.82, 2.24) is 9.80 Å². The molecule has 0 aliphatic carbocycles. The van der Waals surface area contributed by atoms with Gasteiger partial charge < -0.3 is 24.0 Å². The SMILES string of the molecule is COCCC(=O)N1CCOC(COc2ccc(F)cc2)(CC(=O)N2CCCCC2)C1. The maximum Gasteiger partial charge on any atom is 0.225 e. The van der Waals surface area contributed by atoms with E-state index in [1.165, 1.54) is 12.1 Å². The fraction of sp³-hybridized carbons (Fsp3) is 0.636. The van der Waals surface area contributed by atoms with Crippen LogP contribution in [0, 0.1) is 5.82 Å². The van der Waals surface area contributed by atoms with E-state index in [9.17, 15) is 14.0 Å². The van der Waals surface area contributed by atoms with Crippen LogP contribution in [0.15, 0.2) is 24.3 Å². The maximum atomic E-state index is 13.2. The molecule has 1 aromatic rings. The molecular formula is C22H31FN2O5. The van der Waals surface area contributed by atoms with E-state index in [-0.39, 0.29) is 43.6 Å². The lowest BCUT2D eigenvalue weighted by Gasteiger charge is -2.43. The summed E-state index contributed by atoms with van der Waals surface area (Å²) in [5, 5.41) is 0. The zero-order valence-corrected chi connectivity index (χ0v) is 17.6. The highest BCUT2D eigenvalue weighted by molar-refractivity contribution is 5.79. The van der Waals surface area contributed by atoms with Crippen molar-refractivity contribution in [3.63, 3.8) is 0 Å². The molecule has 2 aliphatic heterocycles.